The molecule has 10 rings (SSSR count). The molecule has 8 aromatic carbocycles. The van der Waals surface area contributed by atoms with E-state index in [0.717, 1.165) is 82.7 Å². The van der Waals surface area contributed by atoms with E-state index in [9.17, 15) is 0 Å². The minimum Gasteiger partial charge on any atom is -0.311 e. The Labute approximate surface area is 303 Å². The van der Waals surface area contributed by atoms with Crippen LogP contribution in [0.15, 0.2) is 200 Å². The molecule has 0 aliphatic carbocycles. The molecule has 0 radical (unpaired) electrons. The van der Waals surface area contributed by atoms with E-state index in [4.69, 9.17) is 0 Å². The molecule has 3 nitrogen and oxygen atoms in total. The largest absolute Gasteiger partial charge is 0.311 e. The molecule has 1 aliphatic rings. The van der Waals surface area contributed by atoms with Crippen molar-refractivity contribution in [3.05, 3.63) is 200 Å². The lowest BCUT2D eigenvalue weighted by atomic mass is 10.0. The molecule has 52 heavy (non-hydrogen) atoms. The molecule has 1 atom stereocenters. The highest BCUT2D eigenvalue weighted by Crippen LogP contribution is 2.53. The summed E-state index contributed by atoms with van der Waals surface area (Å²) in [5, 5.41) is 4.98. The molecule has 0 saturated heterocycles. The Morgan fingerprint density at radius 2 is 0.942 bits per heavy atom. The molecular weight excluding hydrogens is 652 g/mol. The number of rotatable bonds is 6. The van der Waals surface area contributed by atoms with Gasteiger partial charge in [0.1, 0.15) is 0 Å². The van der Waals surface area contributed by atoms with Crippen LogP contribution in [0.5, 0.6) is 0 Å². The molecule has 2 heterocycles. The average molecular weight is 685 g/mol. The van der Waals surface area contributed by atoms with Gasteiger partial charge in [0.15, 0.2) is 7.14 Å². The van der Waals surface area contributed by atoms with E-state index < -0.39 is 7.14 Å². The smallest absolute Gasteiger partial charge is 0.172 e. The van der Waals surface area contributed by atoms with Gasteiger partial charge in [0.05, 0.1) is 11.0 Å². The van der Waals surface area contributed by atoms with Gasteiger partial charge in [0.2, 0.25) is 0 Å². The lowest BCUT2D eigenvalue weighted by molar-refractivity contribution is 0.593. The van der Waals surface area contributed by atoms with Gasteiger partial charge in [0.25, 0.3) is 0 Å². The van der Waals surface area contributed by atoms with Gasteiger partial charge in [0, 0.05) is 49.4 Å². The van der Waals surface area contributed by atoms with Crippen LogP contribution in [0.25, 0.3) is 49.7 Å². The summed E-state index contributed by atoms with van der Waals surface area (Å²) in [5.74, 6) is 0. The molecule has 246 valence electrons. The zero-order valence-corrected chi connectivity index (χ0v) is 29.2. The van der Waals surface area contributed by atoms with E-state index in [0.29, 0.717) is 0 Å². The van der Waals surface area contributed by atoms with E-state index in [1.54, 1.807) is 0 Å². The van der Waals surface area contributed by atoms with Crippen molar-refractivity contribution in [3.63, 3.8) is 0 Å². The molecule has 0 spiro atoms. The number of hydrogen-bond acceptors (Lipinski definition) is 2. The summed E-state index contributed by atoms with van der Waals surface area (Å²) in [4.78, 5) is 2.28. The van der Waals surface area contributed by atoms with Crippen LogP contribution in [0, 0.1) is 0 Å². The van der Waals surface area contributed by atoms with Crippen LogP contribution in [0.1, 0.15) is 0 Å². The Balaban J connectivity index is 1.06. The molecule has 9 aromatic rings. The lowest BCUT2D eigenvalue weighted by Crippen LogP contribution is -2.20. The maximum Gasteiger partial charge on any atom is 0.172 e. The van der Waals surface area contributed by atoms with Crippen molar-refractivity contribution < 1.29 is 4.57 Å². The highest BCUT2D eigenvalue weighted by atomic mass is 31.2. The first-order valence-corrected chi connectivity index (χ1v) is 19.3. The molecular formula is C48H33N2OP. The number of benzene rings is 8. The number of hydrogen-bond donors (Lipinski definition) is 0. The van der Waals surface area contributed by atoms with Crippen molar-refractivity contribution in [1.29, 1.82) is 0 Å². The van der Waals surface area contributed by atoms with Gasteiger partial charge in [-0.2, -0.15) is 0 Å². The first-order valence-electron chi connectivity index (χ1n) is 17.6. The molecule has 0 bridgehead atoms. The van der Waals surface area contributed by atoms with Crippen molar-refractivity contribution >= 4 is 61.9 Å². The van der Waals surface area contributed by atoms with Gasteiger partial charge >= 0.3 is 0 Å². The number of para-hydroxylation sites is 3. The SMILES string of the molecule is O=P1(c2ccccc2)c2ccccc2-c2cc3c(cc21)c1ccccc1n3-c1ccc(-c2ccc(N(c3ccccc3)c3ccccc3)cc2)cc1. The van der Waals surface area contributed by atoms with Gasteiger partial charge < -0.3 is 14.0 Å². The van der Waals surface area contributed by atoms with Crippen molar-refractivity contribution in [2.75, 3.05) is 4.90 Å². The Kier molecular flexibility index (Phi) is 7.09. The third-order valence-electron chi connectivity index (χ3n) is 10.4. The number of nitrogens with zero attached hydrogens (tertiary/aromatic N) is 2. The second-order valence-corrected chi connectivity index (χ2v) is 16.0. The fourth-order valence-corrected chi connectivity index (χ4v) is 11.1. The van der Waals surface area contributed by atoms with Gasteiger partial charge in [-0.3, -0.25) is 0 Å². The minimum absolute atomic E-state index is 0.876. The summed E-state index contributed by atoms with van der Waals surface area (Å²) in [5.41, 5.74) is 11.1. The standard InChI is InChI=1S/C48H33N2OP/c51-52(40-18-8-3-9-19-40)47-23-13-11-21-42(47)44-32-46-43(33-48(44)52)41-20-10-12-22-45(41)50(46)39-30-26-35(27-31-39)34-24-28-38(29-25-34)49(36-14-4-1-5-15-36)37-16-6-2-7-17-37/h1-33H. The highest BCUT2D eigenvalue weighted by molar-refractivity contribution is 7.86. The van der Waals surface area contributed by atoms with Crippen LogP contribution in [-0.4, -0.2) is 4.57 Å². The molecule has 1 aromatic heterocycles. The topological polar surface area (TPSA) is 25.2 Å². The lowest BCUT2D eigenvalue weighted by Gasteiger charge is -2.25. The highest BCUT2D eigenvalue weighted by Gasteiger charge is 2.40. The second kappa shape index (κ2) is 12.1. The van der Waals surface area contributed by atoms with Gasteiger partial charge in [-0.1, -0.05) is 133 Å². The predicted molar refractivity (Wildman–Crippen MR) is 219 cm³/mol. The Morgan fingerprint density at radius 3 is 1.62 bits per heavy atom. The van der Waals surface area contributed by atoms with Gasteiger partial charge in [-0.05, 0) is 89.0 Å². The molecule has 4 heteroatoms. The minimum atomic E-state index is -3.05. The molecule has 1 aliphatic heterocycles. The van der Waals surface area contributed by atoms with Crippen molar-refractivity contribution in [2.45, 2.75) is 0 Å². The van der Waals surface area contributed by atoms with Crippen LogP contribution < -0.4 is 20.8 Å². The van der Waals surface area contributed by atoms with Crippen LogP contribution in [0.3, 0.4) is 0 Å². The van der Waals surface area contributed by atoms with Crippen molar-refractivity contribution in [2.24, 2.45) is 0 Å². The summed E-state index contributed by atoms with van der Waals surface area (Å²) in [6.07, 6.45) is 0. The molecule has 0 fully saturated rings. The molecule has 1 unspecified atom stereocenters. The Bertz CT molecular complexity index is 2750. The number of anilines is 3. The zero-order valence-electron chi connectivity index (χ0n) is 28.3. The van der Waals surface area contributed by atoms with Crippen molar-refractivity contribution in [1.82, 2.24) is 4.57 Å². The quantitative estimate of drug-likeness (QED) is 0.163. The third-order valence-corrected chi connectivity index (χ3v) is 13.5. The number of aromatic nitrogens is 1. The summed E-state index contributed by atoms with van der Waals surface area (Å²) >= 11 is 0. The van der Waals surface area contributed by atoms with E-state index in [1.165, 1.54) is 0 Å². The second-order valence-electron chi connectivity index (χ2n) is 13.3. The summed E-state index contributed by atoms with van der Waals surface area (Å²) < 4.78 is 17.6. The van der Waals surface area contributed by atoms with E-state index in [1.807, 2.05) is 42.5 Å². The normalized spacial score (nSPS) is 14.7. The maximum atomic E-state index is 15.3. The predicted octanol–water partition coefficient (Wildman–Crippen LogP) is 11.5. The van der Waals surface area contributed by atoms with Gasteiger partial charge in [-0.15, -0.1) is 0 Å². The zero-order chi connectivity index (χ0) is 34.6. The summed E-state index contributed by atoms with van der Waals surface area (Å²) in [7, 11) is -3.05. The monoisotopic (exact) mass is 684 g/mol. The van der Waals surface area contributed by atoms with Gasteiger partial charge in [-0.25, -0.2) is 0 Å². The first-order chi connectivity index (χ1) is 25.7. The Morgan fingerprint density at radius 1 is 0.404 bits per heavy atom. The maximum absolute atomic E-state index is 15.3. The van der Waals surface area contributed by atoms with E-state index >= 15 is 4.57 Å². The molecule has 0 N–H and O–H groups in total. The van der Waals surface area contributed by atoms with Crippen LogP contribution >= 0.6 is 7.14 Å². The number of fused-ring (bicyclic) bond motifs is 6. The van der Waals surface area contributed by atoms with E-state index in [2.05, 4.69) is 167 Å². The third kappa shape index (κ3) is 4.71. The van der Waals surface area contributed by atoms with Crippen molar-refractivity contribution in [3.8, 4) is 27.9 Å². The van der Waals surface area contributed by atoms with Crippen LogP contribution in [0.2, 0.25) is 0 Å². The fourth-order valence-electron chi connectivity index (χ4n) is 7.99. The fraction of sp³-hybridized carbons (Fsp3) is 0. The van der Waals surface area contributed by atoms with Crippen LogP contribution in [0.4, 0.5) is 17.1 Å². The first kappa shape index (κ1) is 30.4. The molecule has 0 amide bonds. The van der Waals surface area contributed by atoms with Crippen LogP contribution in [-0.2, 0) is 4.57 Å². The summed E-state index contributed by atoms with van der Waals surface area (Å²) in [6, 6.07) is 69.9. The summed E-state index contributed by atoms with van der Waals surface area (Å²) in [6.45, 7) is 0. The molecule has 0 saturated carbocycles. The Hall–Kier alpha value is -6.41. The van der Waals surface area contributed by atoms with E-state index in [-0.39, 0.29) is 0 Å². The average Bonchev–Trinajstić information content (AvgIpc) is 3.68.